The minimum atomic E-state index is -1.05. The standard InChI is InChI=1S/C16H13ClFNO4/c17-9-2-1-3-10(18)8(9)6-19-7-16-5-4-11(23-16)12(15(21)22)13(16)14(19)20/h1-5,11-13H,6-7H2,(H,21,22)/t11-,12+,13+,16+/m1/s1. The highest BCUT2D eigenvalue weighted by Gasteiger charge is 2.67. The largest absolute Gasteiger partial charge is 0.481 e. The molecule has 4 atom stereocenters. The number of hydrogen-bond acceptors (Lipinski definition) is 3. The second-order valence-corrected chi connectivity index (χ2v) is 6.54. The van der Waals surface area contributed by atoms with Crippen molar-refractivity contribution in [1.82, 2.24) is 4.90 Å². The van der Waals surface area contributed by atoms with Crippen molar-refractivity contribution in [2.75, 3.05) is 6.54 Å². The number of carboxylic acid groups (broad SMARTS) is 1. The van der Waals surface area contributed by atoms with Gasteiger partial charge in [-0.3, -0.25) is 9.59 Å². The highest BCUT2D eigenvalue weighted by Crippen LogP contribution is 2.52. The quantitative estimate of drug-likeness (QED) is 0.855. The van der Waals surface area contributed by atoms with Crippen LogP contribution in [0.2, 0.25) is 5.02 Å². The maximum absolute atomic E-state index is 13.9. The lowest BCUT2D eigenvalue weighted by molar-refractivity contribution is -0.148. The van der Waals surface area contributed by atoms with Gasteiger partial charge in [0, 0.05) is 10.6 Å². The van der Waals surface area contributed by atoms with Gasteiger partial charge in [-0.15, -0.1) is 0 Å². The van der Waals surface area contributed by atoms with Crippen LogP contribution in [0.5, 0.6) is 0 Å². The number of benzene rings is 1. The molecule has 23 heavy (non-hydrogen) atoms. The number of halogens is 2. The van der Waals surface area contributed by atoms with Crippen LogP contribution in [0.25, 0.3) is 0 Å². The van der Waals surface area contributed by atoms with Gasteiger partial charge in [0.15, 0.2) is 0 Å². The van der Waals surface area contributed by atoms with E-state index in [9.17, 15) is 19.1 Å². The van der Waals surface area contributed by atoms with E-state index in [1.807, 2.05) is 0 Å². The first-order valence-corrected chi connectivity index (χ1v) is 7.62. The predicted octanol–water partition coefficient (Wildman–Crippen LogP) is 1.85. The molecule has 0 radical (unpaired) electrons. The summed E-state index contributed by atoms with van der Waals surface area (Å²) >= 11 is 6.01. The third-order valence-electron chi connectivity index (χ3n) is 4.87. The summed E-state index contributed by atoms with van der Waals surface area (Å²) in [5, 5.41) is 9.63. The molecule has 1 amide bonds. The Labute approximate surface area is 136 Å². The summed E-state index contributed by atoms with van der Waals surface area (Å²) in [4.78, 5) is 25.6. The lowest BCUT2D eigenvalue weighted by Crippen LogP contribution is -2.39. The van der Waals surface area contributed by atoms with Crippen molar-refractivity contribution in [1.29, 1.82) is 0 Å². The molecule has 0 aliphatic carbocycles. The van der Waals surface area contributed by atoms with Crippen molar-refractivity contribution in [3.8, 4) is 0 Å². The Balaban J connectivity index is 1.66. The second-order valence-electron chi connectivity index (χ2n) is 6.13. The van der Waals surface area contributed by atoms with E-state index in [0.717, 1.165) is 0 Å². The fourth-order valence-electron chi connectivity index (χ4n) is 3.87. The van der Waals surface area contributed by atoms with E-state index < -0.39 is 35.3 Å². The number of amides is 1. The van der Waals surface area contributed by atoms with E-state index in [1.165, 1.54) is 17.0 Å². The van der Waals surface area contributed by atoms with Gasteiger partial charge in [-0.2, -0.15) is 0 Å². The van der Waals surface area contributed by atoms with E-state index in [4.69, 9.17) is 16.3 Å². The highest BCUT2D eigenvalue weighted by molar-refractivity contribution is 6.31. The van der Waals surface area contributed by atoms with Gasteiger partial charge in [-0.05, 0) is 12.1 Å². The van der Waals surface area contributed by atoms with Crippen LogP contribution in [0, 0.1) is 17.7 Å². The summed E-state index contributed by atoms with van der Waals surface area (Å²) in [7, 11) is 0. The Hall–Kier alpha value is -1.92. The Kier molecular flexibility index (Phi) is 3.05. The Bertz CT molecular complexity index is 731. The Morgan fingerprint density at radius 2 is 2.30 bits per heavy atom. The zero-order valence-electron chi connectivity index (χ0n) is 11.9. The highest BCUT2D eigenvalue weighted by atomic mass is 35.5. The van der Waals surface area contributed by atoms with Gasteiger partial charge in [0.25, 0.3) is 0 Å². The van der Waals surface area contributed by atoms with Crippen molar-refractivity contribution >= 4 is 23.5 Å². The Morgan fingerprint density at radius 3 is 3.00 bits per heavy atom. The van der Waals surface area contributed by atoms with Crippen molar-refractivity contribution in [3.63, 3.8) is 0 Å². The normalized spacial score (nSPS) is 34.3. The molecule has 3 heterocycles. The minimum Gasteiger partial charge on any atom is -0.481 e. The summed E-state index contributed by atoms with van der Waals surface area (Å²) in [6.45, 7) is 0.203. The summed E-state index contributed by atoms with van der Waals surface area (Å²) in [6, 6.07) is 4.33. The molecule has 0 unspecified atom stereocenters. The molecule has 1 aromatic carbocycles. The fraction of sp³-hybridized carbons (Fsp3) is 0.375. The van der Waals surface area contributed by atoms with Crippen LogP contribution < -0.4 is 0 Å². The number of carbonyl (C=O) groups excluding carboxylic acids is 1. The van der Waals surface area contributed by atoms with Gasteiger partial charge < -0.3 is 14.7 Å². The van der Waals surface area contributed by atoms with Gasteiger partial charge in [-0.25, -0.2) is 4.39 Å². The first kappa shape index (κ1) is 14.7. The van der Waals surface area contributed by atoms with Crippen LogP contribution >= 0.6 is 11.6 Å². The molecular formula is C16H13ClFNO4. The number of aliphatic carboxylic acids is 1. The van der Waals surface area contributed by atoms with Crippen molar-refractivity contribution in [3.05, 3.63) is 46.8 Å². The molecule has 5 nitrogen and oxygen atoms in total. The Morgan fingerprint density at radius 1 is 1.52 bits per heavy atom. The number of fused-ring (bicyclic) bond motifs is 1. The zero-order chi connectivity index (χ0) is 16.4. The second kappa shape index (κ2) is 4.79. The summed E-state index contributed by atoms with van der Waals surface area (Å²) in [6.07, 6.45) is 2.89. The van der Waals surface area contributed by atoms with Gasteiger partial charge in [0.2, 0.25) is 5.91 Å². The summed E-state index contributed by atoms with van der Waals surface area (Å²) < 4.78 is 19.7. The molecular weight excluding hydrogens is 325 g/mol. The van der Waals surface area contributed by atoms with Crippen LogP contribution in [-0.2, 0) is 20.9 Å². The van der Waals surface area contributed by atoms with Crippen LogP contribution in [0.4, 0.5) is 4.39 Å². The minimum absolute atomic E-state index is 0.00318. The zero-order valence-corrected chi connectivity index (χ0v) is 12.7. The number of likely N-dealkylation sites (tertiary alicyclic amines) is 1. The molecule has 0 aromatic heterocycles. The summed E-state index contributed by atoms with van der Waals surface area (Å²) in [5.74, 6) is -3.53. The van der Waals surface area contributed by atoms with Crippen molar-refractivity contribution < 1.29 is 23.8 Å². The van der Waals surface area contributed by atoms with E-state index in [2.05, 4.69) is 0 Å². The first-order valence-electron chi connectivity index (χ1n) is 7.24. The van der Waals surface area contributed by atoms with Gasteiger partial charge in [0.1, 0.15) is 17.3 Å². The monoisotopic (exact) mass is 337 g/mol. The maximum atomic E-state index is 13.9. The van der Waals surface area contributed by atoms with Crippen LogP contribution in [0.1, 0.15) is 5.56 Å². The molecule has 2 fully saturated rings. The number of carboxylic acids is 1. The van der Waals surface area contributed by atoms with E-state index in [1.54, 1.807) is 18.2 Å². The molecule has 1 aromatic rings. The third-order valence-corrected chi connectivity index (χ3v) is 5.23. The SMILES string of the molecule is O=C(O)[C@@H]1[C@H]2C(=O)N(Cc3c(F)cccc3Cl)C[C@@]23C=C[C@H]1O3. The van der Waals surface area contributed by atoms with Gasteiger partial charge in [0.05, 0.1) is 25.1 Å². The van der Waals surface area contributed by atoms with Gasteiger partial charge in [-0.1, -0.05) is 29.8 Å². The molecule has 3 aliphatic heterocycles. The fourth-order valence-corrected chi connectivity index (χ4v) is 4.09. The number of rotatable bonds is 3. The average Bonchev–Trinajstić information content (AvgIpc) is 3.12. The summed E-state index contributed by atoms with van der Waals surface area (Å²) in [5.41, 5.74) is -0.688. The molecule has 0 saturated carbocycles. The number of hydrogen-bond donors (Lipinski definition) is 1. The van der Waals surface area contributed by atoms with E-state index >= 15 is 0 Å². The molecule has 2 saturated heterocycles. The lowest BCUT2D eigenvalue weighted by Gasteiger charge is -2.22. The van der Waals surface area contributed by atoms with Crippen LogP contribution in [0.3, 0.4) is 0 Å². The third kappa shape index (κ3) is 1.95. The maximum Gasteiger partial charge on any atom is 0.310 e. The molecule has 3 aliphatic rings. The van der Waals surface area contributed by atoms with Crippen molar-refractivity contribution in [2.24, 2.45) is 11.8 Å². The van der Waals surface area contributed by atoms with Crippen molar-refractivity contribution in [2.45, 2.75) is 18.2 Å². The van der Waals surface area contributed by atoms with Crippen LogP contribution in [0.15, 0.2) is 30.4 Å². The molecule has 4 rings (SSSR count). The number of nitrogens with zero attached hydrogens (tertiary/aromatic N) is 1. The molecule has 1 spiro atoms. The number of ether oxygens (including phenoxy) is 1. The molecule has 2 bridgehead atoms. The van der Waals surface area contributed by atoms with E-state index in [0.29, 0.717) is 0 Å². The average molecular weight is 338 g/mol. The first-order chi connectivity index (χ1) is 10.9. The predicted molar refractivity (Wildman–Crippen MR) is 78.2 cm³/mol. The van der Waals surface area contributed by atoms with Gasteiger partial charge >= 0.3 is 5.97 Å². The molecule has 120 valence electrons. The smallest absolute Gasteiger partial charge is 0.310 e. The molecule has 7 heteroatoms. The van der Waals surface area contributed by atoms with E-state index in [-0.39, 0.29) is 29.6 Å². The number of carbonyl (C=O) groups is 2. The lowest BCUT2D eigenvalue weighted by atomic mass is 9.77. The van der Waals surface area contributed by atoms with Crippen LogP contribution in [-0.4, -0.2) is 40.1 Å². The molecule has 1 N–H and O–H groups in total. The topological polar surface area (TPSA) is 66.8 Å².